The quantitative estimate of drug-likeness (QED) is 0.758. The predicted molar refractivity (Wildman–Crippen MR) is 59.5 cm³/mol. The van der Waals surface area contributed by atoms with Gasteiger partial charge >= 0.3 is 0 Å². The smallest absolute Gasteiger partial charge is 0.141 e. The zero-order valence-corrected chi connectivity index (χ0v) is 9.02. The van der Waals surface area contributed by atoms with Gasteiger partial charge in [0.25, 0.3) is 0 Å². The van der Waals surface area contributed by atoms with Crippen LogP contribution in [0.2, 0.25) is 10.0 Å². The van der Waals surface area contributed by atoms with Crippen molar-refractivity contribution in [1.82, 2.24) is 14.9 Å². The van der Waals surface area contributed by atoms with Gasteiger partial charge in [0, 0.05) is 0 Å². The fourth-order valence-corrected chi connectivity index (χ4v) is 1.29. The molecule has 0 saturated heterocycles. The van der Waals surface area contributed by atoms with Crippen LogP contribution in [0.1, 0.15) is 5.56 Å². The third kappa shape index (κ3) is 2.55. The minimum absolute atomic E-state index is 0.504. The molecule has 1 heterocycles. The molecule has 0 saturated carbocycles. The largest absolute Gasteiger partial charge is 0.208 e. The Morgan fingerprint density at radius 3 is 2.53 bits per heavy atom. The van der Waals surface area contributed by atoms with Crippen LogP contribution in [-0.2, 0) is 0 Å². The van der Waals surface area contributed by atoms with Gasteiger partial charge in [-0.2, -0.15) is 5.10 Å². The van der Waals surface area contributed by atoms with Crippen molar-refractivity contribution in [3.63, 3.8) is 0 Å². The van der Waals surface area contributed by atoms with E-state index in [1.54, 1.807) is 18.3 Å². The molecule has 0 aliphatic heterocycles. The maximum absolute atomic E-state index is 5.85. The summed E-state index contributed by atoms with van der Waals surface area (Å²) >= 11 is 11.6. The lowest BCUT2D eigenvalue weighted by molar-refractivity contribution is 0.878. The lowest BCUT2D eigenvalue weighted by atomic mass is 10.2. The molecule has 0 unspecified atom stereocenters. The van der Waals surface area contributed by atoms with Gasteiger partial charge in [-0.05, 0) is 17.7 Å². The monoisotopic (exact) mass is 240 g/mol. The fourth-order valence-electron chi connectivity index (χ4n) is 0.981. The van der Waals surface area contributed by atoms with E-state index in [4.69, 9.17) is 23.2 Å². The van der Waals surface area contributed by atoms with Gasteiger partial charge in [-0.25, -0.2) is 4.68 Å². The normalized spacial score (nSPS) is 11.1. The molecule has 0 spiro atoms. The predicted octanol–water partition coefficient (Wildman–Crippen LogP) is 2.47. The van der Waals surface area contributed by atoms with Crippen molar-refractivity contribution in [2.45, 2.75) is 0 Å². The van der Waals surface area contributed by atoms with Gasteiger partial charge in [0.1, 0.15) is 12.7 Å². The SMILES string of the molecule is Clc1ccc(/C=N\n2cnnc2)cc1Cl. The van der Waals surface area contributed by atoms with Crippen molar-refractivity contribution in [3.8, 4) is 0 Å². The maximum Gasteiger partial charge on any atom is 0.141 e. The van der Waals surface area contributed by atoms with Gasteiger partial charge in [0.15, 0.2) is 0 Å². The minimum atomic E-state index is 0.504. The topological polar surface area (TPSA) is 43.1 Å². The van der Waals surface area contributed by atoms with Crippen LogP contribution in [-0.4, -0.2) is 21.1 Å². The maximum atomic E-state index is 5.85. The summed E-state index contributed by atoms with van der Waals surface area (Å²) in [5, 5.41) is 12.3. The van der Waals surface area contributed by atoms with Crippen LogP contribution < -0.4 is 0 Å². The van der Waals surface area contributed by atoms with E-state index in [2.05, 4.69) is 15.3 Å². The molecule has 15 heavy (non-hydrogen) atoms. The Labute approximate surface area is 96.2 Å². The molecule has 0 amide bonds. The van der Waals surface area contributed by atoms with E-state index >= 15 is 0 Å². The zero-order valence-electron chi connectivity index (χ0n) is 7.51. The summed E-state index contributed by atoms with van der Waals surface area (Å²) in [5.41, 5.74) is 0.859. The molecule has 2 aromatic rings. The van der Waals surface area contributed by atoms with E-state index in [1.807, 2.05) is 6.07 Å². The summed E-state index contributed by atoms with van der Waals surface area (Å²) in [7, 11) is 0. The number of aromatic nitrogens is 3. The van der Waals surface area contributed by atoms with Gasteiger partial charge in [0.2, 0.25) is 0 Å². The first kappa shape index (κ1) is 10.1. The molecule has 0 fully saturated rings. The molecule has 6 heteroatoms. The van der Waals surface area contributed by atoms with E-state index in [-0.39, 0.29) is 0 Å². The molecule has 1 aromatic heterocycles. The molecule has 0 aliphatic carbocycles. The zero-order chi connectivity index (χ0) is 10.7. The Hall–Kier alpha value is -1.39. The molecule has 0 N–H and O–H groups in total. The standard InChI is InChI=1S/C9H6Cl2N4/c10-8-2-1-7(3-9(8)11)4-14-15-5-12-13-6-15/h1-6H/b14-4-. The number of halogens is 2. The van der Waals surface area contributed by atoms with Crippen molar-refractivity contribution in [2.24, 2.45) is 5.10 Å². The second kappa shape index (κ2) is 4.42. The first-order chi connectivity index (χ1) is 7.25. The van der Waals surface area contributed by atoms with E-state index in [0.29, 0.717) is 10.0 Å². The summed E-state index contributed by atoms with van der Waals surface area (Å²) in [6.45, 7) is 0. The highest BCUT2D eigenvalue weighted by molar-refractivity contribution is 6.42. The van der Waals surface area contributed by atoms with Crippen LogP contribution >= 0.6 is 23.2 Å². The minimum Gasteiger partial charge on any atom is -0.208 e. The van der Waals surface area contributed by atoms with Crippen LogP contribution in [0.15, 0.2) is 36.0 Å². The Kier molecular flexibility index (Phi) is 2.99. The Bertz CT molecular complexity index is 479. The van der Waals surface area contributed by atoms with Crippen molar-refractivity contribution in [1.29, 1.82) is 0 Å². The van der Waals surface area contributed by atoms with E-state index in [9.17, 15) is 0 Å². The average molecular weight is 241 g/mol. The molecule has 0 atom stereocenters. The Balaban J connectivity index is 2.21. The molecule has 0 radical (unpaired) electrons. The number of rotatable bonds is 2. The van der Waals surface area contributed by atoms with Crippen molar-refractivity contribution >= 4 is 29.4 Å². The Morgan fingerprint density at radius 2 is 1.87 bits per heavy atom. The van der Waals surface area contributed by atoms with Crippen molar-refractivity contribution in [3.05, 3.63) is 46.5 Å². The van der Waals surface area contributed by atoms with Crippen LogP contribution in [0.4, 0.5) is 0 Å². The van der Waals surface area contributed by atoms with Crippen molar-refractivity contribution in [2.75, 3.05) is 0 Å². The molecule has 0 aliphatic rings. The first-order valence-electron chi connectivity index (χ1n) is 4.10. The summed E-state index contributed by atoms with van der Waals surface area (Å²) in [6.07, 6.45) is 4.63. The van der Waals surface area contributed by atoms with E-state index in [0.717, 1.165) is 5.56 Å². The first-order valence-corrected chi connectivity index (χ1v) is 4.85. The van der Waals surface area contributed by atoms with Crippen molar-refractivity contribution < 1.29 is 0 Å². The van der Waals surface area contributed by atoms with Crippen LogP contribution in [0.3, 0.4) is 0 Å². The lowest BCUT2D eigenvalue weighted by Crippen LogP contribution is -1.87. The summed E-state index contributed by atoms with van der Waals surface area (Å²) in [4.78, 5) is 0. The fraction of sp³-hybridized carbons (Fsp3) is 0. The number of benzene rings is 1. The lowest BCUT2D eigenvalue weighted by Gasteiger charge is -1.96. The van der Waals surface area contributed by atoms with Crippen LogP contribution in [0, 0.1) is 0 Å². The van der Waals surface area contributed by atoms with E-state index in [1.165, 1.54) is 17.3 Å². The second-order valence-corrected chi connectivity index (χ2v) is 3.57. The van der Waals surface area contributed by atoms with Crippen LogP contribution in [0.25, 0.3) is 0 Å². The van der Waals surface area contributed by atoms with Gasteiger partial charge in [-0.3, -0.25) is 0 Å². The number of hydrogen-bond donors (Lipinski definition) is 0. The average Bonchev–Trinajstić information content (AvgIpc) is 2.73. The summed E-state index contributed by atoms with van der Waals surface area (Å²) in [6, 6.07) is 5.28. The molecule has 1 aromatic carbocycles. The summed E-state index contributed by atoms with van der Waals surface area (Å²) in [5.74, 6) is 0. The summed E-state index contributed by atoms with van der Waals surface area (Å²) < 4.78 is 1.49. The van der Waals surface area contributed by atoms with Gasteiger partial charge < -0.3 is 0 Å². The number of nitrogens with zero attached hydrogens (tertiary/aromatic N) is 4. The third-order valence-corrected chi connectivity index (χ3v) is 2.43. The van der Waals surface area contributed by atoms with Gasteiger partial charge in [0.05, 0.1) is 16.3 Å². The second-order valence-electron chi connectivity index (χ2n) is 2.76. The highest BCUT2D eigenvalue weighted by Gasteiger charge is 1.96. The highest BCUT2D eigenvalue weighted by Crippen LogP contribution is 2.21. The highest BCUT2D eigenvalue weighted by atomic mass is 35.5. The van der Waals surface area contributed by atoms with Crippen LogP contribution in [0.5, 0.6) is 0 Å². The van der Waals surface area contributed by atoms with Gasteiger partial charge in [-0.1, -0.05) is 29.3 Å². The molecule has 76 valence electrons. The third-order valence-electron chi connectivity index (χ3n) is 1.69. The van der Waals surface area contributed by atoms with E-state index < -0.39 is 0 Å². The molecular weight excluding hydrogens is 235 g/mol. The van der Waals surface area contributed by atoms with Gasteiger partial charge in [-0.15, -0.1) is 10.2 Å². The number of hydrogen-bond acceptors (Lipinski definition) is 3. The Morgan fingerprint density at radius 1 is 1.13 bits per heavy atom. The molecule has 4 nitrogen and oxygen atoms in total. The molecule has 0 bridgehead atoms. The molecule has 2 rings (SSSR count). The molecular formula is C9H6Cl2N4.